The zero-order valence-corrected chi connectivity index (χ0v) is 21.0. The third-order valence-electron chi connectivity index (χ3n) is 6.13. The molecule has 1 N–H and O–H groups in total. The summed E-state index contributed by atoms with van der Waals surface area (Å²) >= 11 is 3.02. The first-order valence-corrected chi connectivity index (χ1v) is 13.5. The number of thioether (sulfide) groups is 1. The molecule has 2 amide bonds. The van der Waals surface area contributed by atoms with Gasteiger partial charge in [-0.25, -0.2) is 4.79 Å². The SMILES string of the molecule is C=CC1=C(C(=O)OC(c2ccccc2)c2ccccc2)N2C(=O)[C@@H](NC(=O)Cc3ccsc3)[C@@H]2SC1. The number of allylic oxidation sites excluding steroid dienone is 1. The summed E-state index contributed by atoms with van der Waals surface area (Å²) in [5.41, 5.74) is 3.39. The van der Waals surface area contributed by atoms with Crippen LogP contribution in [0.5, 0.6) is 0 Å². The lowest BCUT2D eigenvalue weighted by atomic mass is 10.0. The average molecular weight is 517 g/mol. The summed E-state index contributed by atoms with van der Waals surface area (Å²) in [6, 6.07) is 20.2. The van der Waals surface area contributed by atoms with Crippen LogP contribution in [0.3, 0.4) is 0 Å². The highest BCUT2D eigenvalue weighted by atomic mass is 32.2. The summed E-state index contributed by atoms with van der Waals surface area (Å²) in [5.74, 6) is -0.652. The molecule has 0 saturated carbocycles. The van der Waals surface area contributed by atoms with E-state index in [2.05, 4.69) is 11.9 Å². The number of carbonyl (C=O) groups excluding carboxylic acids is 3. The summed E-state index contributed by atoms with van der Waals surface area (Å²) < 4.78 is 6.05. The van der Waals surface area contributed by atoms with Crippen molar-refractivity contribution >= 4 is 40.9 Å². The molecule has 1 fully saturated rings. The van der Waals surface area contributed by atoms with Gasteiger partial charge >= 0.3 is 5.97 Å². The van der Waals surface area contributed by atoms with Gasteiger partial charge in [-0.2, -0.15) is 11.3 Å². The Bertz CT molecular complexity index is 1270. The molecule has 1 saturated heterocycles. The van der Waals surface area contributed by atoms with Crippen LogP contribution in [0.4, 0.5) is 0 Å². The second kappa shape index (κ2) is 10.6. The molecule has 2 aliphatic rings. The van der Waals surface area contributed by atoms with Crippen LogP contribution in [0.2, 0.25) is 0 Å². The molecule has 2 atom stereocenters. The number of rotatable bonds is 8. The van der Waals surface area contributed by atoms with Gasteiger partial charge in [0.25, 0.3) is 5.91 Å². The number of thiophene rings is 1. The molecule has 1 aromatic heterocycles. The molecule has 0 spiro atoms. The van der Waals surface area contributed by atoms with E-state index in [1.165, 1.54) is 28.0 Å². The first-order chi connectivity index (χ1) is 17.6. The maximum absolute atomic E-state index is 13.6. The Balaban J connectivity index is 1.36. The lowest BCUT2D eigenvalue weighted by Gasteiger charge is -2.49. The molecule has 0 unspecified atom stereocenters. The predicted molar refractivity (Wildman–Crippen MR) is 141 cm³/mol. The molecule has 0 aliphatic carbocycles. The molecule has 36 heavy (non-hydrogen) atoms. The van der Waals surface area contributed by atoms with Crippen LogP contribution in [0.25, 0.3) is 0 Å². The minimum Gasteiger partial charge on any atom is -0.448 e. The first-order valence-electron chi connectivity index (χ1n) is 11.5. The number of nitrogens with zero attached hydrogens (tertiary/aromatic N) is 1. The van der Waals surface area contributed by atoms with Crippen LogP contribution in [0.15, 0.2) is 101 Å². The Hall–Kier alpha value is -3.62. The standard InChI is InChI=1S/C28H24N2O4S2/c1-2-19-17-36-27-23(29-22(31)15-18-13-14-35-16-18)26(32)30(27)24(19)28(33)34-25(20-9-5-3-6-10-20)21-11-7-4-8-12-21/h2-14,16,23,25,27H,1,15,17H2,(H,29,31)/t23-,27+/m1/s1. The van der Waals surface area contributed by atoms with Crippen LogP contribution in [0.1, 0.15) is 22.8 Å². The molecule has 2 aliphatic heterocycles. The maximum atomic E-state index is 13.6. The topological polar surface area (TPSA) is 75.7 Å². The summed E-state index contributed by atoms with van der Waals surface area (Å²) in [6.07, 6.45) is 1.17. The van der Waals surface area contributed by atoms with Gasteiger partial charge in [-0.05, 0) is 39.1 Å². The van der Waals surface area contributed by atoms with Gasteiger partial charge in [0, 0.05) is 5.75 Å². The van der Waals surface area contributed by atoms with Crippen LogP contribution < -0.4 is 5.32 Å². The van der Waals surface area contributed by atoms with Crippen molar-refractivity contribution in [2.24, 2.45) is 0 Å². The summed E-state index contributed by atoms with van der Waals surface area (Å²) in [5, 5.41) is 6.29. The minimum absolute atomic E-state index is 0.193. The third-order valence-corrected chi connectivity index (χ3v) is 8.16. The maximum Gasteiger partial charge on any atom is 0.356 e. The van der Waals surface area contributed by atoms with Gasteiger partial charge < -0.3 is 10.1 Å². The Morgan fingerprint density at radius 3 is 2.33 bits per heavy atom. The lowest BCUT2D eigenvalue weighted by Crippen LogP contribution is -2.70. The van der Waals surface area contributed by atoms with Crippen LogP contribution in [0, 0.1) is 0 Å². The second-order valence-corrected chi connectivity index (χ2v) is 10.3. The molecule has 8 heteroatoms. The first kappa shape index (κ1) is 24.1. The predicted octanol–water partition coefficient (Wildman–Crippen LogP) is 4.46. The minimum atomic E-state index is -0.686. The zero-order valence-electron chi connectivity index (χ0n) is 19.3. The molecular formula is C28H24N2O4S2. The molecular weight excluding hydrogens is 492 g/mol. The van der Waals surface area contributed by atoms with Gasteiger partial charge in [-0.3, -0.25) is 14.5 Å². The normalized spacial score (nSPS) is 18.9. The van der Waals surface area contributed by atoms with Crippen molar-refractivity contribution in [3.63, 3.8) is 0 Å². The largest absolute Gasteiger partial charge is 0.448 e. The van der Waals surface area contributed by atoms with Gasteiger partial charge in [-0.15, -0.1) is 11.8 Å². The molecule has 182 valence electrons. The number of nitrogens with one attached hydrogen (secondary N) is 1. The number of hydrogen-bond donors (Lipinski definition) is 1. The van der Waals surface area contributed by atoms with Crippen LogP contribution >= 0.6 is 23.1 Å². The number of fused-ring (bicyclic) bond motifs is 1. The highest BCUT2D eigenvalue weighted by Crippen LogP contribution is 2.41. The van der Waals surface area contributed by atoms with E-state index in [-0.39, 0.29) is 29.3 Å². The van der Waals surface area contributed by atoms with E-state index in [0.29, 0.717) is 11.3 Å². The van der Waals surface area contributed by atoms with Crippen molar-refractivity contribution in [2.45, 2.75) is 23.9 Å². The average Bonchev–Trinajstić information content (AvgIpc) is 3.43. The van der Waals surface area contributed by atoms with Crippen molar-refractivity contribution in [3.8, 4) is 0 Å². The number of esters is 1. The van der Waals surface area contributed by atoms with Crippen molar-refractivity contribution in [3.05, 3.63) is 118 Å². The van der Waals surface area contributed by atoms with E-state index in [1.54, 1.807) is 6.08 Å². The van der Waals surface area contributed by atoms with E-state index in [1.807, 2.05) is 77.5 Å². The highest BCUT2D eigenvalue weighted by molar-refractivity contribution is 8.00. The van der Waals surface area contributed by atoms with E-state index < -0.39 is 18.1 Å². The molecule has 6 nitrogen and oxygen atoms in total. The zero-order chi connectivity index (χ0) is 25.1. The third kappa shape index (κ3) is 4.74. The van der Waals surface area contributed by atoms with E-state index in [4.69, 9.17) is 4.74 Å². The number of amides is 2. The smallest absolute Gasteiger partial charge is 0.356 e. The molecule has 3 heterocycles. The summed E-state index contributed by atoms with van der Waals surface area (Å²) in [7, 11) is 0. The molecule has 0 bridgehead atoms. The molecule has 5 rings (SSSR count). The van der Waals surface area contributed by atoms with Crippen LogP contribution in [-0.4, -0.2) is 39.9 Å². The van der Waals surface area contributed by atoms with Crippen molar-refractivity contribution in [2.75, 3.05) is 5.75 Å². The Kier molecular flexibility index (Phi) is 7.06. The highest BCUT2D eigenvalue weighted by Gasteiger charge is 2.54. The monoisotopic (exact) mass is 516 g/mol. The van der Waals surface area contributed by atoms with Crippen LogP contribution in [-0.2, 0) is 25.5 Å². The molecule has 2 aromatic carbocycles. The fourth-order valence-corrected chi connectivity index (χ4v) is 6.35. The fraction of sp³-hybridized carbons (Fsp3) is 0.179. The van der Waals surface area contributed by atoms with Crippen molar-refractivity contribution in [1.29, 1.82) is 0 Å². The van der Waals surface area contributed by atoms with E-state index in [9.17, 15) is 14.4 Å². The quantitative estimate of drug-likeness (QED) is 0.353. The molecule has 0 radical (unpaired) electrons. The van der Waals surface area contributed by atoms with Gasteiger partial charge in [0.05, 0.1) is 6.42 Å². The number of ether oxygens (including phenoxy) is 1. The van der Waals surface area contributed by atoms with Gasteiger partial charge in [0.2, 0.25) is 5.91 Å². The fourth-order valence-electron chi connectivity index (χ4n) is 4.34. The summed E-state index contributed by atoms with van der Waals surface area (Å²) in [4.78, 5) is 40.7. The molecule has 3 aromatic rings. The Morgan fingerprint density at radius 2 is 1.75 bits per heavy atom. The number of carbonyl (C=O) groups is 3. The second-order valence-electron chi connectivity index (χ2n) is 8.45. The summed E-state index contributed by atoms with van der Waals surface area (Å²) in [6.45, 7) is 3.84. The Labute approximate surface area is 217 Å². The van der Waals surface area contributed by atoms with Gasteiger partial charge in [0.1, 0.15) is 17.1 Å². The number of benzene rings is 2. The van der Waals surface area contributed by atoms with E-state index >= 15 is 0 Å². The van der Waals surface area contributed by atoms with Gasteiger partial charge in [-0.1, -0.05) is 73.3 Å². The number of β-lactam (4-membered cyclic amide) rings is 1. The lowest BCUT2D eigenvalue weighted by molar-refractivity contribution is -0.154. The van der Waals surface area contributed by atoms with E-state index in [0.717, 1.165) is 16.7 Å². The number of hydrogen-bond acceptors (Lipinski definition) is 6. The Morgan fingerprint density at radius 1 is 1.08 bits per heavy atom. The van der Waals surface area contributed by atoms with Crippen molar-refractivity contribution in [1.82, 2.24) is 10.2 Å². The van der Waals surface area contributed by atoms with Crippen molar-refractivity contribution < 1.29 is 19.1 Å². The van der Waals surface area contributed by atoms with Gasteiger partial charge in [0.15, 0.2) is 6.10 Å².